The lowest BCUT2D eigenvalue weighted by Gasteiger charge is -2.14. The van der Waals surface area contributed by atoms with Crippen molar-refractivity contribution in [1.29, 1.82) is 0 Å². The van der Waals surface area contributed by atoms with E-state index in [9.17, 15) is 4.79 Å². The molecule has 0 aliphatic carbocycles. The highest BCUT2D eigenvalue weighted by Crippen LogP contribution is 2.31. The molecule has 0 unspecified atom stereocenters. The van der Waals surface area contributed by atoms with Crippen molar-refractivity contribution in [3.05, 3.63) is 95.6 Å². The summed E-state index contributed by atoms with van der Waals surface area (Å²) in [6.45, 7) is 4.07. The normalized spacial score (nSPS) is 12.2. The number of amides is 1. The van der Waals surface area contributed by atoms with Gasteiger partial charge in [0.2, 0.25) is 0 Å². The number of nitrogens with zero attached hydrogens (tertiary/aromatic N) is 3. The molecule has 0 fully saturated rings. The third kappa shape index (κ3) is 3.69. The number of carbonyl (C=O) groups excluding carboxylic acids is 1. The summed E-state index contributed by atoms with van der Waals surface area (Å²) in [5.74, 6) is 0.0460. The minimum Gasteiger partial charge on any atom is -0.384 e. The number of benzene rings is 3. The summed E-state index contributed by atoms with van der Waals surface area (Å²) >= 11 is 0. The van der Waals surface area contributed by atoms with Crippen LogP contribution in [0.4, 0.5) is 5.82 Å². The molecule has 0 aliphatic heterocycles. The minimum absolute atomic E-state index is 0.186. The lowest BCUT2D eigenvalue weighted by atomic mass is 10.1. The molecule has 1 amide bonds. The Balaban J connectivity index is 1.68. The number of para-hydroxylation sites is 2. The Bertz CT molecular complexity index is 1460. The van der Waals surface area contributed by atoms with E-state index < -0.39 is 0 Å². The largest absolute Gasteiger partial charge is 0.384 e. The molecule has 33 heavy (non-hydrogen) atoms. The Labute approximate surface area is 192 Å². The first-order valence-corrected chi connectivity index (χ1v) is 11.1. The molecule has 3 aromatic carbocycles. The smallest absolute Gasteiger partial charge is 0.257 e. The maximum absolute atomic E-state index is 13.5. The molecule has 2 aromatic heterocycles. The zero-order valence-corrected chi connectivity index (χ0v) is 18.6. The molecule has 0 radical (unpaired) electrons. The van der Waals surface area contributed by atoms with Crippen LogP contribution < -0.4 is 11.1 Å². The van der Waals surface area contributed by atoms with Gasteiger partial charge in [-0.2, -0.15) is 0 Å². The first-order valence-electron chi connectivity index (χ1n) is 11.1. The molecule has 3 N–H and O–H groups in total. The average molecular weight is 436 g/mol. The second-order valence-electron chi connectivity index (χ2n) is 8.11. The standard InChI is InChI=1S/C27H25N5O/c1-3-18-13-15-20(16-14-18)32-25(28)23(27(33)29-17(2)19-9-5-4-6-10-19)24-26(32)31-22-12-8-7-11-21(22)30-24/h4-17H,3,28H2,1-2H3,(H,29,33)/t17-/m0/s1. The summed E-state index contributed by atoms with van der Waals surface area (Å²) in [5.41, 5.74) is 12.6. The molecule has 1 atom stereocenters. The number of hydrogen-bond donors (Lipinski definition) is 2. The topological polar surface area (TPSA) is 85.8 Å². The molecular formula is C27H25N5O. The molecule has 2 heterocycles. The molecule has 6 nitrogen and oxygen atoms in total. The SMILES string of the molecule is CCc1ccc(-n2c(N)c(C(=O)N[C@@H](C)c3ccccc3)c3nc4ccccc4nc32)cc1. The van der Waals surface area contributed by atoms with Gasteiger partial charge in [0.25, 0.3) is 5.91 Å². The fourth-order valence-corrected chi connectivity index (χ4v) is 4.12. The van der Waals surface area contributed by atoms with E-state index in [1.165, 1.54) is 5.56 Å². The van der Waals surface area contributed by atoms with Crippen LogP contribution in [0, 0.1) is 0 Å². The van der Waals surface area contributed by atoms with Gasteiger partial charge >= 0.3 is 0 Å². The third-order valence-electron chi connectivity index (χ3n) is 5.97. The maximum atomic E-state index is 13.5. The molecule has 164 valence electrons. The highest BCUT2D eigenvalue weighted by Gasteiger charge is 2.25. The molecule has 0 saturated heterocycles. The Hall–Kier alpha value is -4.19. The predicted octanol–water partition coefficient (Wildman–Crippen LogP) is 5.21. The number of hydrogen-bond acceptors (Lipinski definition) is 4. The number of anilines is 1. The first kappa shape index (κ1) is 20.7. The van der Waals surface area contributed by atoms with Crippen molar-refractivity contribution in [2.75, 3.05) is 5.73 Å². The van der Waals surface area contributed by atoms with E-state index >= 15 is 0 Å². The van der Waals surface area contributed by atoms with Crippen LogP contribution in [0.25, 0.3) is 27.9 Å². The molecule has 0 aliphatic rings. The van der Waals surface area contributed by atoms with Gasteiger partial charge in [-0.3, -0.25) is 9.36 Å². The molecule has 0 saturated carbocycles. The van der Waals surface area contributed by atoms with Crippen LogP contribution in [0.15, 0.2) is 78.9 Å². The van der Waals surface area contributed by atoms with E-state index in [2.05, 4.69) is 24.4 Å². The van der Waals surface area contributed by atoms with Gasteiger partial charge in [0.05, 0.1) is 17.1 Å². The van der Waals surface area contributed by atoms with Crippen molar-refractivity contribution in [2.45, 2.75) is 26.3 Å². The zero-order valence-electron chi connectivity index (χ0n) is 18.6. The second kappa shape index (κ2) is 8.39. The van der Waals surface area contributed by atoms with Crippen LogP contribution in [0.5, 0.6) is 0 Å². The highest BCUT2D eigenvalue weighted by atomic mass is 16.1. The summed E-state index contributed by atoms with van der Waals surface area (Å²) in [6.07, 6.45) is 0.942. The summed E-state index contributed by atoms with van der Waals surface area (Å²) in [6, 6.07) is 25.4. The lowest BCUT2D eigenvalue weighted by Crippen LogP contribution is -2.27. The van der Waals surface area contributed by atoms with Crippen LogP contribution in [-0.2, 0) is 6.42 Å². The Kier molecular flexibility index (Phi) is 5.26. The van der Waals surface area contributed by atoms with Crippen molar-refractivity contribution < 1.29 is 4.79 Å². The van der Waals surface area contributed by atoms with E-state index in [4.69, 9.17) is 15.7 Å². The van der Waals surface area contributed by atoms with Gasteiger partial charge in [-0.25, -0.2) is 9.97 Å². The van der Waals surface area contributed by atoms with E-state index in [1.54, 1.807) is 0 Å². The zero-order chi connectivity index (χ0) is 22.9. The highest BCUT2D eigenvalue weighted by molar-refractivity contribution is 6.11. The van der Waals surface area contributed by atoms with E-state index in [1.807, 2.05) is 78.2 Å². The summed E-state index contributed by atoms with van der Waals surface area (Å²) < 4.78 is 1.82. The number of carbonyl (C=O) groups is 1. The Morgan fingerprint density at radius 2 is 1.58 bits per heavy atom. The molecular weight excluding hydrogens is 410 g/mol. The van der Waals surface area contributed by atoms with Gasteiger partial charge in [-0.1, -0.05) is 61.5 Å². The monoisotopic (exact) mass is 435 g/mol. The molecule has 5 rings (SSSR count). The summed E-state index contributed by atoms with van der Waals surface area (Å²) in [5, 5.41) is 3.08. The van der Waals surface area contributed by atoms with Gasteiger partial charge in [0.1, 0.15) is 16.9 Å². The average Bonchev–Trinajstić information content (AvgIpc) is 3.13. The number of rotatable bonds is 5. The van der Waals surface area contributed by atoms with Crippen molar-refractivity contribution >= 4 is 33.9 Å². The fraction of sp³-hybridized carbons (Fsp3) is 0.148. The maximum Gasteiger partial charge on any atom is 0.257 e. The van der Waals surface area contributed by atoms with Crippen molar-refractivity contribution in [3.63, 3.8) is 0 Å². The van der Waals surface area contributed by atoms with Gasteiger partial charge in [0.15, 0.2) is 5.65 Å². The molecule has 6 heteroatoms. The molecule has 5 aromatic rings. The summed E-state index contributed by atoms with van der Waals surface area (Å²) in [4.78, 5) is 23.1. The second-order valence-corrected chi connectivity index (χ2v) is 8.11. The molecule has 0 bridgehead atoms. The van der Waals surface area contributed by atoms with Crippen LogP contribution >= 0.6 is 0 Å². The number of aryl methyl sites for hydroxylation is 1. The minimum atomic E-state index is -0.276. The van der Waals surface area contributed by atoms with Gasteiger partial charge in [-0.05, 0) is 48.7 Å². The summed E-state index contributed by atoms with van der Waals surface area (Å²) in [7, 11) is 0. The third-order valence-corrected chi connectivity index (χ3v) is 5.97. The lowest BCUT2D eigenvalue weighted by molar-refractivity contribution is 0.0942. The van der Waals surface area contributed by atoms with E-state index in [-0.39, 0.29) is 11.9 Å². The van der Waals surface area contributed by atoms with Gasteiger partial charge in [-0.15, -0.1) is 0 Å². The van der Waals surface area contributed by atoms with Gasteiger partial charge < -0.3 is 11.1 Å². The van der Waals surface area contributed by atoms with E-state index in [0.717, 1.165) is 23.2 Å². The number of nitrogens with two attached hydrogens (primary N) is 1. The predicted molar refractivity (Wildman–Crippen MR) is 132 cm³/mol. The number of fused-ring (bicyclic) bond motifs is 2. The van der Waals surface area contributed by atoms with Crippen molar-refractivity contribution in [2.24, 2.45) is 0 Å². The van der Waals surface area contributed by atoms with Crippen LogP contribution in [0.2, 0.25) is 0 Å². The first-order chi connectivity index (χ1) is 16.1. The van der Waals surface area contributed by atoms with Crippen LogP contribution in [-0.4, -0.2) is 20.4 Å². The number of nitrogens with one attached hydrogen (secondary N) is 1. The number of aromatic nitrogens is 3. The fourth-order valence-electron chi connectivity index (χ4n) is 4.12. The Morgan fingerprint density at radius 3 is 2.24 bits per heavy atom. The molecule has 0 spiro atoms. The number of nitrogen functional groups attached to an aromatic ring is 1. The van der Waals surface area contributed by atoms with Crippen molar-refractivity contribution in [3.8, 4) is 5.69 Å². The van der Waals surface area contributed by atoms with E-state index in [0.29, 0.717) is 28.1 Å². The van der Waals surface area contributed by atoms with Crippen molar-refractivity contribution in [1.82, 2.24) is 19.9 Å². The van der Waals surface area contributed by atoms with Gasteiger partial charge in [0, 0.05) is 5.69 Å². The Morgan fingerprint density at radius 1 is 0.939 bits per heavy atom. The van der Waals surface area contributed by atoms with Crippen LogP contribution in [0.3, 0.4) is 0 Å². The quantitative estimate of drug-likeness (QED) is 0.397. The van der Waals surface area contributed by atoms with Crippen LogP contribution in [0.1, 0.15) is 41.4 Å².